The Balaban J connectivity index is 1.71. The van der Waals surface area contributed by atoms with Crippen molar-refractivity contribution in [1.29, 1.82) is 0 Å². The Bertz CT molecular complexity index is 644. The van der Waals surface area contributed by atoms with E-state index in [9.17, 15) is 27.6 Å². The zero-order chi connectivity index (χ0) is 19.2. The minimum atomic E-state index is -4.57. The number of likely N-dealkylation sites (tertiary alicyclic amines) is 1. The van der Waals surface area contributed by atoms with E-state index in [2.05, 4.69) is 10.3 Å². The fraction of sp³-hybridized carbons (Fsp3) is 0.500. The molecule has 2 N–H and O–H groups in total. The van der Waals surface area contributed by atoms with Gasteiger partial charge in [-0.1, -0.05) is 0 Å². The summed E-state index contributed by atoms with van der Waals surface area (Å²) in [6, 6.07) is 3.36. The van der Waals surface area contributed by atoms with Gasteiger partial charge in [0.15, 0.2) is 0 Å². The van der Waals surface area contributed by atoms with Crippen LogP contribution < -0.4 is 10.6 Å². The van der Waals surface area contributed by atoms with Gasteiger partial charge in [-0.05, 0) is 30.9 Å². The molecule has 1 aliphatic heterocycles. The number of piperidine rings is 1. The van der Waals surface area contributed by atoms with Gasteiger partial charge < -0.3 is 15.5 Å². The predicted octanol–water partition coefficient (Wildman–Crippen LogP) is 0.728. The third-order valence-electron chi connectivity index (χ3n) is 4.02. The number of nitrogens with one attached hydrogen (secondary N) is 2. The van der Waals surface area contributed by atoms with Crippen LogP contribution in [-0.4, -0.2) is 60.0 Å². The van der Waals surface area contributed by atoms with Gasteiger partial charge in [0.1, 0.15) is 6.54 Å². The quantitative estimate of drug-likeness (QED) is 0.763. The third kappa shape index (κ3) is 6.01. The van der Waals surface area contributed by atoms with Crippen molar-refractivity contribution < 1.29 is 27.6 Å². The average molecular weight is 372 g/mol. The van der Waals surface area contributed by atoms with Gasteiger partial charge in [0.05, 0.1) is 5.56 Å². The number of halogens is 3. The van der Waals surface area contributed by atoms with E-state index in [0.717, 1.165) is 0 Å². The number of carbonyl (C=O) groups excluding carboxylic acids is 3. The lowest BCUT2D eigenvalue weighted by atomic mass is 9.96. The van der Waals surface area contributed by atoms with Crippen molar-refractivity contribution in [3.8, 4) is 0 Å². The molecule has 1 aromatic heterocycles. The summed E-state index contributed by atoms with van der Waals surface area (Å²) in [5.41, 5.74) is 0.501. The minimum absolute atomic E-state index is 0.0484. The van der Waals surface area contributed by atoms with Gasteiger partial charge in [0.25, 0.3) is 5.91 Å². The van der Waals surface area contributed by atoms with Gasteiger partial charge in [0, 0.05) is 32.0 Å². The first kappa shape index (κ1) is 19.7. The first-order valence-corrected chi connectivity index (χ1v) is 8.08. The Morgan fingerprint density at radius 3 is 2.38 bits per heavy atom. The van der Waals surface area contributed by atoms with Gasteiger partial charge in [-0.2, -0.15) is 13.2 Å². The number of rotatable bonds is 4. The van der Waals surface area contributed by atoms with Crippen LogP contribution in [0.5, 0.6) is 0 Å². The normalized spacial score (nSPS) is 15.4. The first-order chi connectivity index (χ1) is 12.3. The SMILES string of the molecule is O=C(NCC1CCN(C(=O)c2cccnc2)CC1)C(=O)NCC(F)(F)F. The molecule has 1 saturated heterocycles. The first-order valence-electron chi connectivity index (χ1n) is 8.08. The van der Waals surface area contributed by atoms with Gasteiger partial charge in [0.2, 0.25) is 0 Å². The Morgan fingerprint density at radius 2 is 1.81 bits per heavy atom. The van der Waals surface area contributed by atoms with E-state index in [1.54, 1.807) is 23.2 Å². The maximum atomic E-state index is 12.3. The van der Waals surface area contributed by atoms with Gasteiger partial charge >= 0.3 is 18.0 Å². The van der Waals surface area contributed by atoms with Crippen molar-refractivity contribution in [3.05, 3.63) is 30.1 Å². The molecule has 0 saturated carbocycles. The van der Waals surface area contributed by atoms with E-state index >= 15 is 0 Å². The molecule has 1 fully saturated rings. The van der Waals surface area contributed by atoms with Crippen molar-refractivity contribution in [1.82, 2.24) is 20.5 Å². The van der Waals surface area contributed by atoms with Crippen LogP contribution in [0, 0.1) is 5.92 Å². The Hall–Kier alpha value is -2.65. The van der Waals surface area contributed by atoms with Crippen LogP contribution in [0.15, 0.2) is 24.5 Å². The molecule has 0 radical (unpaired) electrons. The highest BCUT2D eigenvalue weighted by molar-refractivity contribution is 6.35. The summed E-state index contributed by atoms with van der Waals surface area (Å²) in [5, 5.41) is 3.85. The second-order valence-electron chi connectivity index (χ2n) is 5.99. The summed E-state index contributed by atoms with van der Waals surface area (Å²) < 4.78 is 36.0. The van der Waals surface area contributed by atoms with Gasteiger partial charge in [-0.15, -0.1) is 0 Å². The topological polar surface area (TPSA) is 91.4 Å². The molecule has 10 heteroatoms. The Kier molecular flexibility index (Phi) is 6.53. The van der Waals surface area contributed by atoms with Crippen LogP contribution in [0.3, 0.4) is 0 Å². The molecule has 1 aliphatic rings. The van der Waals surface area contributed by atoms with E-state index in [0.29, 0.717) is 31.5 Å². The summed E-state index contributed by atoms with van der Waals surface area (Å²) in [6.07, 6.45) is -0.249. The van der Waals surface area contributed by atoms with E-state index in [1.807, 2.05) is 0 Å². The highest BCUT2D eigenvalue weighted by Gasteiger charge is 2.29. The van der Waals surface area contributed by atoms with Gasteiger partial charge in [-0.25, -0.2) is 0 Å². The Labute approximate surface area is 148 Å². The van der Waals surface area contributed by atoms with E-state index in [-0.39, 0.29) is 18.4 Å². The lowest BCUT2D eigenvalue weighted by Crippen LogP contribution is -2.46. The summed E-state index contributed by atoms with van der Waals surface area (Å²) in [4.78, 5) is 40.7. The van der Waals surface area contributed by atoms with Crippen molar-refractivity contribution in [2.45, 2.75) is 19.0 Å². The van der Waals surface area contributed by atoms with Gasteiger partial charge in [-0.3, -0.25) is 19.4 Å². The molecule has 0 aromatic carbocycles. The summed E-state index contributed by atoms with van der Waals surface area (Å²) >= 11 is 0. The molecule has 0 atom stereocenters. The highest BCUT2D eigenvalue weighted by Crippen LogP contribution is 2.18. The molecule has 0 bridgehead atoms. The van der Waals surface area contributed by atoms with Crippen LogP contribution in [0.4, 0.5) is 13.2 Å². The molecule has 26 heavy (non-hydrogen) atoms. The van der Waals surface area contributed by atoms with Crippen molar-refractivity contribution in [3.63, 3.8) is 0 Å². The zero-order valence-corrected chi connectivity index (χ0v) is 13.9. The van der Waals surface area contributed by atoms with Crippen LogP contribution >= 0.6 is 0 Å². The standard InChI is InChI=1S/C16H19F3N4O3/c17-16(18,19)10-22-14(25)13(24)21-8-11-3-6-23(7-4-11)15(26)12-2-1-5-20-9-12/h1-2,5,9,11H,3-4,6-8,10H2,(H,21,24)(H,22,25). The average Bonchev–Trinajstić information content (AvgIpc) is 2.64. The molecule has 7 nitrogen and oxygen atoms in total. The molecule has 0 unspecified atom stereocenters. The maximum absolute atomic E-state index is 12.3. The number of amides is 3. The summed E-state index contributed by atoms with van der Waals surface area (Å²) in [6.45, 7) is -0.385. The second-order valence-corrected chi connectivity index (χ2v) is 5.99. The lowest BCUT2D eigenvalue weighted by molar-refractivity contribution is -0.146. The van der Waals surface area contributed by atoms with Crippen LogP contribution in [0.1, 0.15) is 23.2 Å². The molecule has 2 rings (SSSR count). The molecule has 2 heterocycles. The Morgan fingerprint density at radius 1 is 1.15 bits per heavy atom. The fourth-order valence-electron chi connectivity index (χ4n) is 2.59. The zero-order valence-electron chi connectivity index (χ0n) is 13.9. The molecular formula is C16H19F3N4O3. The number of hydrogen-bond acceptors (Lipinski definition) is 4. The van der Waals surface area contributed by atoms with Crippen LogP contribution in [0.2, 0.25) is 0 Å². The minimum Gasteiger partial charge on any atom is -0.348 e. The summed E-state index contributed by atoms with van der Waals surface area (Å²) in [5.74, 6) is -2.48. The van der Waals surface area contributed by atoms with Crippen molar-refractivity contribution in [2.24, 2.45) is 5.92 Å². The lowest BCUT2D eigenvalue weighted by Gasteiger charge is -2.32. The van der Waals surface area contributed by atoms with Crippen molar-refractivity contribution >= 4 is 17.7 Å². The number of hydrogen-bond donors (Lipinski definition) is 2. The number of pyridine rings is 1. The van der Waals surface area contributed by atoms with E-state index in [1.165, 1.54) is 11.5 Å². The monoisotopic (exact) mass is 372 g/mol. The second kappa shape index (κ2) is 8.63. The third-order valence-corrected chi connectivity index (χ3v) is 4.02. The largest absolute Gasteiger partial charge is 0.405 e. The molecular weight excluding hydrogens is 353 g/mol. The number of aromatic nitrogens is 1. The van der Waals surface area contributed by atoms with E-state index in [4.69, 9.17) is 0 Å². The fourth-order valence-corrected chi connectivity index (χ4v) is 2.59. The van der Waals surface area contributed by atoms with Crippen LogP contribution in [0.25, 0.3) is 0 Å². The number of nitrogens with zero attached hydrogens (tertiary/aromatic N) is 2. The smallest absolute Gasteiger partial charge is 0.348 e. The van der Waals surface area contributed by atoms with Crippen molar-refractivity contribution in [2.75, 3.05) is 26.2 Å². The maximum Gasteiger partial charge on any atom is 0.405 e. The molecule has 0 spiro atoms. The summed E-state index contributed by atoms with van der Waals surface area (Å²) in [7, 11) is 0. The number of carbonyl (C=O) groups is 3. The molecule has 142 valence electrons. The molecule has 0 aliphatic carbocycles. The van der Waals surface area contributed by atoms with E-state index < -0.39 is 24.5 Å². The molecule has 1 aromatic rings. The predicted molar refractivity (Wildman–Crippen MR) is 84.9 cm³/mol. The number of alkyl halides is 3. The molecule has 3 amide bonds. The highest BCUT2D eigenvalue weighted by atomic mass is 19.4. The van der Waals surface area contributed by atoms with Crippen LogP contribution in [-0.2, 0) is 9.59 Å².